The van der Waals surface area contributed by atoms with Crippen molar-refractivity contribution in [2.24, 2.45) is 25.9 Å². The van der Waals surface area contributed by atoms with Crippen molar-refractivity contribution in [3.63, 3.8) is 0 Å². The van der Waals surface area contributed by atoms with Gasteiger partial charge >= 0.3 is 11.9 Å². The molecule has 4 heterocycles. The molecule has 36 heavy (non-hydrogen) atoms. The third-order valence-corrected chi connectivity index (χ3v) is 6.19. The molecule has 3 N–H and O–H groups in total. The van der Waals surface area contributed by atoms with E-state index in [0.29, 0.717) is 18.8 Å². The van der Waals surface area contributed by atoms with Crippen LogP contribution < -0.4 is 10.6 Å². The Hall–Kier alpha value is -3.70. The maximum atomic E-state index is 11.8. The second-order valence-electron chi connectivity index (χ2n) is 8.42. The predicted octanol–water partition coefficient (Wildman–Crippen LogP) is 1.28. The summed E-state index contributed by atoms with van der Waals surface area (Å²) in [6.45, 7) is 6.59. The first-order valence-corrected chi connectivity index (χ1v) is 11.0. The number of carboxylic acids is 1. The van der Waals surface area contributed by atoms with E-state index in [1.54, 1.807) is 23.3 Å². The van der Waals surface area contributed by atoms with Gasteiger partial charge < -0.3 is 20.5 Å². The molecule has 0 bridgehead atoms. The van der Waals surface area contributed by atoms with Crippen molar-refractivity contribution in [3.8, 4) is 0 Å². The van der Waals surface area contributed by atoms with Crippen molar-refractivity contribution in [3.05, 3.63) is 34.9 Å². The summed E-state index contributed by atoms with van der Waals surface area (Å²) in [6.07, 6.45) is 0. The first-order chi connectivity index (χ1) is 16.0. The molecule has 4 rings (SSSR count). The van der Waals surface area contributed by atoms with Gasteiger partial charge in [-0.05, 0) is 32.9 Å². The summed E-state index contributed by atoms with van der Waals surface area (Å²) in [6, 6.07) is 3.72. The zero-order valence-corrected chi connectivity index (χ0v) is 19.9. The van der Waals surface area contributed by atoms with Gasteiger partial charge in [0, 0.05) is 51.8 Å². The predicted molar refractivity (Wildman–Crippen MR) is 134 cm³/mol. The molecule has 2 saturated heterocycles. The minimum Gasteiger partial charge on any atom is -0.481 e. The molecule has 202 valence electrons. The van der Waals surface area contributed by atoms with E-state index in [2.05, 4.69) is 20.8 Å². The molecule has 2 aliphatic heterocycles. The molecular formula is C24H40N6O6. The zero-order chi connectivity index (χ0) is 25.2. The van der Waals surface area contributed by atoms with E-state index in [1.165, 1.54) is 0 Å². The Kier molecular flexibility index (Phi) is 10.4. The number of esters is 1. The van der Waals surface area contributed by atoms with Crippen LogP contribution in [0.1, 0.15) is 57.8 Å². The van der Waals surface area contributed by atoms with Crippen LogP contribution in [0.4, 0.5) is 0 Å². The molecule has 12 nitrogen and oxygen atoms in total. The molecule has 0 aliphatic carbocycles. The number of aliphatic carboxylic acids is 1. The number of carboxylic acid groups (broad SMARTS) is 1. The van der Waals surface area contributed by atoms with E-state index in [1.807, 2.05) is 33.0 Å². The fraction of sp³-hybridized carbons (Fsp3) is 0.583. The van der Waals surface area contributed by atoms with Gasteiger partial charge in [-0.2, -0.15) is 10.2 Å². The van der Waals surface area contributed by atoms with Gasteiger partial charge in [0.1, 0.15) is 11.8 Å². The van der Waals surface area contributed by atoms with Crippen molar-refractivity contribution >= 4 is 23.8 Å². The van der Waals surface area contributed by atoms with Gasteiger partial charge in [0.25, 0.3) is 0 Å². The van der Waals surface area contributed by atoms with Crippen LogP contribution in [-0.4, -0.2) is 68.1 Å². The van der Waals surface area contributed by atoms with Crippen molar-refractivity contribution in [2.45, 2.75) is 47.5 Å². The lowest BCUT2D eigenvalue weighted by Gasteiger charge is -2.13. The van der Waals surface area contributed by atoms with E-state index >= 15 is 0 Å². The van der Waals surface area contributed by atoms with Crippen molar-refractivity contribution in [2.75, 3.05) is 19.7 Å². The molecule has 2 aromatic rings. The molecule has 0 unspecified atom stereocenters. The smallest absolute Gasteiger partial charge is 0.319 e. The fourth-order valence-corrected chi connectivity index (χ4v) is 4.12. The monoisotopic (exact) mass is 509 g/mol. The van der Waals surface area contributed by atoms with Crippen molar-refractivity contribution in [1.29, 1.82) is 0 Å². The molecule has 2 amide bonds. The number of nitrogens with zero attached hydrogens (tertiary/aromatic N) is 4. The summed E-state index contributed by atoms with van der Waals surface area (Å²) in [5, 5.41) is 22.8. The Labute approximate surface area is 212 Å². The Morgan fingerprint density at radius 1 is 0.972 bits per heavy atom. The quantitative estimate of drug-likeness (QED) is 0.402. The third-order valence-electron chi connectivity index (χ3n) is 6.19. The molecule has 0 aromatic carbocycles. The number of hydrogen-bond donors (Lipinski definition) is 3. The number of aryl methyl sites for hydroxylation is 4. The molecule has 12 heteroatoms. The van der Waals surface area contributed by atoms with Gasteiger partial charge in [0.05, 0.1) is 18.0 Å². The summed E-state index contributed by atoms with van der Waals surface area (Å²) < 4.78 is 8.36. The summed E-state index contributed by atoms with van der Waals surface area (Å²) in [7, 11) is 3.63. The van der Waals surface area contributed by atoms with Gasteiger partial charge in [0.15, 0.2) is 0 Å². The number of amides is 2. The first-order valence-electron chi connectivity index (χ1n) is 11.0. The average molecular weight is 510 g/mol. The first kappa shape index (κ1) is 30.3. The van der Waals surface area contributed by atoms with Gasteiger partial charge in [-0.15, -0.1) is 0 Å². The third kappa shape index (κ3) is 6.10. The standard InChI is InChI=1S/C12H17N3O3.C10H13N3O3.2CH4.H2/c1-4-18-12(17)10-8(6-13-11(10)16)9-5-7(2)15(3)14-9;1-5-3-7(12-13(5)2)6-4-11-9(14)8(6)10(15)16;;;/h5,8,10H,4,6H2,1-3H3,(H,13,16);3,6,8H,4H2,1-2H3,(H,11,14)(H,15,16);2*1H4;1H/t8-,10-;6-,8-;;;/m11.../s1/i;;;;1+1. The van der Waals surface area contributed by atoms with Crippen LogP contribution in [-0.2, 0) is 38.0 Å². The van der Waals surface area contributed by atoms with Crippen LogP contribution in [0.3, 0.4) is 0 Å². The lowest BCUT2D eigenvalue weighted by atomic mass is 9.92. The lowest BCUT2D eigenvalue weighted by Crippen LogP contribution is -2.29. The molecule has 4 atom stereocenters. The van der Waals surface area contributed by atoms with E-state index in [-0.39, 0.29) is 40.6 Å². The second kappa shape index (κ2) is 12.3. The maximum absolute atomic E-state index is 11.8. The number of carbonyl (C=O) groups excluding carboxylic acids is 3. The molecule has 0 radical (unpaired) electrons. The Balaban J connectivity index is 0.000000651. The van der Waals surface area contributed by atoms with Crippen LogP contribution in [0, 0.1) is 25.7 Å². The normalized spacial score (nSPS) is 22.4. The summed E-state index contributed by atoms with van der Waals surface area (Å²) in [5.41, 5.74) is 3.35. The molecule has 2 fully saturated rings. The Morgan fingerprint density at radius 3 is 1.75 bits per heavy atom. The maximum Gasteiger partial charge on any atom is 0.319 e. The Bertz CT molecular complexity index is 1070. The van der Waals surface area contributed by atoms with E-state index < -0.39 is 29.7 Å². The van der Waals surface area contributed by atoms with Crippen LogP contribution in [0.5, 0.6) is 0 Å². The highest BCUT2D eigenvalue weighted by Crippen LogP contribution is 2.30. The van der Waals surface area contributed by atoms with Crippen LogP contribution in [0.15, 0.2) is 12.1 Å². The molecule has 0 saturated carbocycles. The van der Waals surface area contributed by atoms with E-state index in [4.69, 9.17) is 9.84 Å². The molecule has 2 aliphatic rings. The van der Waals surface area contributed by atoms with Crippen LogP contribution in [0.2, 0.25) is 0 Å². The number of ether oxygens (including phenoxy) is 1. The largest absolute Gasteiger partial charge is 0.481 e. The zero-order valence-electron chi connectivity index (χ0n) is 19.9. The van der Waals surface area contributed by atoms with Crippen LogP contribution in [0.25, 0.3) is 0 Å². The number of rotatable bonds is 5. The summed E-state index contributed by atoms with van der Waals surface area (Å²) in [5.74, 6) is -4.68. The number of nitrogens with one attached hydrogen (secondary N) is 2. The second-order valence-corrected chi connectivity index (χ2v) is 8.42. The number of carbonyl (C=O) groups is 4. The molecular weight excluding hydrogens is 468 g/mol. The van der Waals surface area contributed by atoms with Crippen LogP contribution >= 0.6 is 0 Å². The molecule has 0 spiro atoms. The Morgan fingerprint density at radius 2 is 1.39 bits per heavy atom. The van der Waals surface area contributed by atoms with Crippen molar-refractivity contribution in [1.82, 2.24) is 30.2 Å². The van der Waals surface area contributed by atoms with Gasteiger partial charge in [-0.1, -0.05) is 14.9 Å². The van der Waals surface area contributed by atoms with Gasteiger partial charge in [-0.3, -0.25) is 28.5 Å². The summed E-state index contributed by atoms with van der Waals surface area (Å²) >= 11 is 0. The average Bonchev–Trinajstić information content (AvgIpc) is 3.51. The number of aromatic nitrogens is 4. The minimum absolute atomic E-state index is 0. The highest BCUT2D eigenvalue weighted by molar-refractivity contribution is 6.01. The van der Waals surface area contributed by atoms with E-state index in [9.17, 15) is 19.2 Å². The molecule has 2 aromatic heterocycles. The van der Waals surface area contributed by atoms with Crippen molar-refractivity contribution < 1.29 is 30.4 Å². The topological polar surface area (TPSA) is 157 Å². The van der Waals surface area contributed by atoms with Gasteiger partial charge in [0.2, 0.25) is 11.8 Å². The minimum atomic E-state index is -1.09. The lowest BCUT2D eigenvalue weighted by molar-refractivity contribution is -0.151. The van der Waals surface area contributed by atoms with Gasteiger partial charge in [-0.25, -0.2) is 0 Å². The fourth-order valence-electron chi connectivity index (χ4n) is 4.12. The summed E-state index contributed by atoms with van der Waals surface area (Å²) in [4.78, 5) is 45.9. The highest BCUT2D eigenvalue weighted by atomic mass is 16.5. The van der Waals surface area contributed by atoms with E-state index in [0.717, 1.165) is 17.1 Å². The SMILES string of the molecule is C.C.CCOC(=O)[C@H]1C(=O)NC[C@@H]1c1cc(C)n(C)n1.Cc1cc([C@H]2CNC(=O)[C@@H]2C(=O)O)nn1C.[2HH]. The highest BCUT2D eigenvalue weighted by Gasteiger charge is 2.44. The number of hydrogen-bond acceptors (Lipinski definition) is 7.